The highest BCUT2D eigenvalue weighted by molar-refractivity contribution is 5.77. The lowest BCUT2D eigenvalue weighted by molar-refractivity contribution is 0.213. The zero-order valence-electron chi connectivity index (χ0n) is 16.8. The third-order valence-corrected chi connectivity index (χ3v) is 4.58. The highest BCUT2D eigenvalue weighted by Crippen LogP contribution is 2.33. The van der Waals surface area contributed by atoms with Crippen LogP contribution >= 0.6 is 0 Å². The second-order valence-electron chi connectivity index (χ2n) is 6.81. The van der Waals surface area contributed by atoms with E-state index in [-0.39, 0.29) is 11.7 Å². The summed E-state index contributed by atoms with van der Waals surface area (Å²) in [5.41, 5.74) is 3.57. The number of halogens is 1. The van der Waals surface area contributed by atoms with Crippen LogP contribution in [0.3, 0.4) is 0 Å². The van der Waals surface area contributed by atoms with Crippen LogP contribution in [-0.2, 0) is 11.3 Å². The number of aryl methyl sites for hydroxylation is 1. The van der Waals surface area contributed by atoms with Gasteiger partial charge in [0.25, 0.3) is 5.89 Å². The predicted molar refractivity (Wildman–Crippen MR) is 112 cm³/mol. The molecule has 0 radical (unpaired) electrons. The SMILES string of the molecule is C=C(Cn1ncc(-c2nc(-c3cc(C)ccc3F)no2)c1-c1ccccc1)OCC. The van der Waals surface area contributed by atoms with Gasteiger partial charge in [0.2, 0.25) is 5.82 Å². The monoisotopic (exact) mass is 404 g/mol. The lowest BCUT2D eigenvalue weighted by atomic mass is 10.1. The van der Waals surface area contributed by atoms with E-state index >= 15 is 0 Å². The Bertz CT molecular complexity index is 1180. The van der Waals surface area contributed by atoms with Crippen molar-refractivity contribution < 1.29 is 13.7 Å². The molecule has 0 saturated carbocycles. The first kappa shape index (κ1) is 19.6. The van der Waals surface area contributed by atoms with Crippen molar-refractivity contribution >= 4 is 0 Å². The normalized spacial score (nSPS) is 10.9. The Kier molecular flexibility index (Phi) is 5.43. The lowest BCUT2D eigenvalue weighted by Crippen LogP contribution is -2.06. The van der Waals surface area contributed by atoms with Crippen LogP contribution in [0.2, 0.25) is 0 Å². The van der Waals surface area contributed by atoms with Crippen LogP contribution in [-0.4, -0.2) is 26.5 Å². The molecule has 152 valence electrons. The molecule has 0 fully saturated rings. The fourth-order valence-electron chi connectivity index (χ4n) is 3.23. The second-order valence-corrected chi connectivity index (χ2v) is 6.81. The van der Waals surface area contributed by atoms with E-state index in [0.29, 0.717) is 30.0 Å². The summed E-state index contributed by atoms with van der Waals surface area (Å²) in [5, 5.41) is 8.47. The van der Waals surface area contributed by atoms with Crippen molar-refractivity contribution in [3.05, 3.63) is 78.4 Å². The van der Waals surface area contributed by atoms with Gasteiger partial charge in [0.05, 0.1) is 36.2 Å². The molecular weight excluding hydrogens is 383 g/mol. The van der Waals surface area contributed by atoms with E-state index in [1.807, 2.05) is 44.2 Å². The van der Waals surface area contributed by atoms with Crippen molar-refractivity contribution in [3.63, 3.8) is 0 Å². The maximum absolute atomic E-state index is 14.3. The number of aromatic nitrogens is 4. The fourth-order valence-corrected chi connectivity index (χ4v) is 3.23. The average molecular weight is 404 g/mol. The van der Waals surface area contributed by atoms with Crippen molar-refractivity contribution in [2.24, 2.45) is 0 Å². The number of benzene rings is 2. The number of allylic oxidation sites excluding steroid dienone is 1. The quantitative estimate of drug-likeness (QED) is 0.393. The van der Waals surface area contributed by atoms with Crippen molar-refractivity contribution in [3.8, 4) is 34.1 Å². The fraction of sp³-hybridized carbons (Fsp3) is 0.174. The summed E-state index contributed by atoms with van der Waals surface area (Å²) in [5.74, 6) is 0.645. The molecule has 2 aromatic carbocycles. The van der Waals surface area contributed by atoms with Gasteiger partial charge in [0, 0.05) is 5.56 Å². The van der Waals surface area contributed by atoms with Gasteiger partial charge in [-0.05, 0) is 26.0 Å². The van der Waals surface area contributed by atoms with E-state index in [1.165, 1.54) is 6.07 Å². The van der Waals surface area contributed by atoms with Crippen LogP contribution < -0.4 is 0 Å². The molecule has 0 amide bonds. The number of hydrogen-bond donors (Lipinski definition) is 0. The zero-order valence-corrected chi connectivity index (χ0v) is 16.8. The molecule has 30 heavy (non-hydrogen) atoms. The summed E-state index contributed by atoms with van der Waals surface area (Å²) in [6.45, 7) is 8.64. The van der Waals surface area contributed by atoms with Gasteiger partial charge in [0.1, 0.15) is 11.6 Å². The molecule has 0 aliphatic heterocycles. The van der Waals surface area contributed by atoms with Crippen molar-refractivity contribution in [1.29, 1.82) is 0 Å². The minimum Gasteiger partial charge on any atom is -0.497 e. The molecule has 6 nitrogen and oxygen atoms in total. The van der Waals surface area contributed by atoms with E-state index in [4.69, 9.17) is 9.26 Å². The Hall–Kier alpha value is -3.74. The summed E-state index contributed by atoms with van der Waals surface area (Å²) >= 11 is 0. The summed E-state index contributed by atoms with van der Waals surface area (Å²) in [4.78, 5) is 4.44. The topological polar surface area (TPSA) is 66.0 Å². The van der Waals surface area contributed by atoms with Crippen LogP contribution in [0.25, 0.3) is 34.1 Å². The molecule has 0 aliphatic carbocycles. The predicted octanol–water partition coefficient (Wildman–Crippen LogP) is 5.26. The van der Waals surface area contributed by atoms with Gasteiger partial charge >= 0.3 is 0 Å². The van der Waals surface area contributed by atoms with Crippen LogP contribution in [0, 0.1) is 12.7 Å². The Morgan fingerprint density at radius 3 is 2.73 bits per heavy atom. The van der Waals surface area contributed by atoms with Gasteiger partial charge in [-0.3, -0.25) is 4.68 Å². The molecule has 0 bridgehead atoms. The Morgan fingerprint density at radius 1 is 1.17 bits per heavy atom. The Labute approximate surface area is 173 Å². The van der Waals surface area contributed by atoms with Crippen LogP contribution in [0.5, 0.6) is 0 Å². The van der Waals surface area contributed by atoms with Crippen molar-refractivity contribution in [1.82, 2.24) is 19.9 Å². The maximum Gasteiger partial charge on any atom is 0.262 e. The first-order chi connectivity index (χ1) is 14.6. The molecule has 2 heterocycles. The molecule has 0 unspecified atom stereocenters. The van der Waals surface area contributed by atoms with E-state index < -0.39 is 5.82 Å². The minimum absolute atomic E-state index is 0.191. The van der Waals surface area contributed by atoms with Crippen molar-refractivity contribution in [2.45, 2.75) is 20.4 Å². The zero-order chi connectivity index (χ0) is 21.1. The molecule has 0 saturated heterocycles. The Morgan fingerprint density at radius 2 is 1.97 bits per heavy atom. The van der Waals surface area contributed by atoms with Crippen LogP contribution in [0.1, 0.15) is 12.5 Å². The lowest BCUT2D eigenvalue weighted by Gasteiger charge is -2.11. The van der Waals surface area contributed by atoms with Gasteiger partial charge in [-0.15, -0.1) is 0 Å². The van der Waals surface area contributed by atoms with Gasteiger partial charge in [-0.25, -0.2) is 4.39 Å². The van der Waals surface area contributed by atoms with E-state index in [9.17, 15) is 4.39 Å². The molecule has 0 spiro atoms. The summed E-state index contributed by atoms with van der Waals surface area (Å²) in [6, 6.07) is 14.5. The number of nitrogens with zero attached hydrogens (tertiary/aromatic N) is 4. The summed E-state index contributed by atoms with van der Waals surface area (Å²) < 4.78 is 27.0. The first-order valence-corrected chi connectivity index (χ1v) is 9.59. The molecule has 7 heteroatoms. The maximum atomic E-state index is 14.3. The number of ether oxygens (including phenoxy) is 1. The van der Waals surface area contributed by atoms with E-state index in [1.54, 1.807) is 23.0 Å². The van der Waals surface area contributed by atoms with E-state index in [2.05, 4.69) is 21.8 Å². The molecule has 0 atom stereocenters. The Balaban J connectivity index is 1.78. The number of hydrogen-bond acceptors (Lipinski definition) is 5. The minimum atomic E-state index is -0.403. The second kappa shape index (κ2) is 8.32. The molecule has 2 aromatic heterocycles. The first-order valence-electron chi connectivity index (χ1n) is 9.59. The highest BCUT2D eigenvalue weighted by Gasteiger charge is 2.21. The van der Waals surface area contributed by atoms with Crippen LogP contribution in [0.4, 0.5) is 4.39 Å². The summed E-state index contributed by atoms with van der Waals surface area (Å²) in [6.07, 6.45) is 1.66. The average Bonchev–Trinajstić information content (AvgIpc) is 3.38. The van der Waals surface area contributed by atoms with Gasteiger partial charge in [-0.2, -0.15) is 10.1 Å². The smallest absolute Gasteiger partial charge is 0.262 e. The van der Waals surface area contributed by atoms with Gasteiger partial charge in [0.15, 0.2) is 0 Å². The van der Waals surface area contributed by atoms with Crippen molar-refractivity contribution in [2.75, 3.05) is 6.61 Å². The standard InChI is InChI=1S/C23H21FN4O2/c1-4-29-16(3)14-28-21(17-8-6-5-7-9-17)19(13-25-28)23-26-22(27-30-23)18-12-15(2)10-11-20(18)24/h5-13H,3-4,14H2,1-2H3. The molecule has 0 aliphatic rings. The van der Waals surface area contributed by atoms with E-state index in [0.717, 1.165) is 16.8 Å². The van der Waals surface area contributed by atoms with Crippen LogP contribution in [0.15, 0.2) is 71.6 Å². The third-order valence-electron chi connectivity index (χ3n) is 4.58. The highest BCUT2D eigenvalue weighted by atomic mass is 19.1. The third kappa shape index (κ3) is 3.87. The van der Waals surface area contributed by atoms with Gasteiger partial charge < -0.3 is 9.26 Å². The molecule has 0 N–H and O–H groups in total. The molecular formula is C23H21FN4O2. The molecule has 4 aromatic rings. The molecule has 4 rings (SSSR count). The largest absolute Gasteiger partial charge is 0.497 e. The summed E-state index contributed by atoms with van der Waals surface area (Å²) in [7, 11) is 0. The van der Waals surface area contributed by atoms with Gasteiger partial charge in [-0.1, -0.05) is 53.7 Å². The number of rotatable bonds is 7.